The lowest BCUT2D eigenvalue weighted by atomic mass is 10.1. The average molecular weight is 215 g/mol. The summed E-state index contributed by atoms with van der Waals surface area (Å²) in [5, 5.41) is 12.5. The van der Waals surface area contributed by atoms with Crippen molar-refractivity contribution < 1.29 is 13.9 Å². The van der Waals surface area contributed by atoms with Gasteiger partial charge in [0.25, 0.3) is 0 Å². The predicted molar refractivity (Wildman–Crippen MR) is 52.7 cm³/mol. The van der Waals surface area contributed by atoms with Gasteiger partial charge >= 0.3 is 6.55 Å². The smallest absolute Gasteiger partial charge is 0.327 e. The Bertz CT molecular complexity index is 380. The van der Waals surface area contributed by atoms with E-state index in [1.54, 1.807) is 18.4 Å². The van der Waals surface area contributed by atoms with Gasteiger partial charge in [0.1, 0.15) is 5.75 Å². The van der Waals surface area contributed by atoms with E-state index in [1.165, 1.54) is 12.1 Å². The third-order valence-corrected chi connectivity index (χ3v) is 1.78. The minimum absolute atomic E-state index is 0.0570. The van der Waals surface area contributed by atoms with E-state index < -0.39 is 6.55 Å². The maximum Gasteiger partial charge on any atom is 0.327 e. The lowest BCUT2D eigenvalue weighted by Gasteiger charge is -2.04. The van der Waals surface area contributed by atoms with Crippen molar-refractivity contribution in [3.63, 3.8) is 0 Å². The van der Waals surface area contributed by atoms with E-state index in [0.29, 0.717) is 11.1 Å². The summed E-state index contributed by atoms with van der Waals surface area (Å²) in [5.41, 5.74) is 8.05. The standard InChI is InChI=1S/C9H11F2N3O/c1-5-4-6(2-3-7(5)15)8(12)13-14-9(10)11/h2-4,9,14-15H,1H3,(H2,12,13). The molecule has 0 amide bonds. The zero-order chi connectivity index (χ0) is 11.4. The SMILES string of the molecule is Cc1cc(/C(N)=N/NC(F)F)ccc1O. The molecule has 1 aromatic carbocycles. The van der Waals surface area contributed by atoms with Crippen molar-refractivity contribution in [2.45, 2.75) is 13.5 Å². The Morgan fingerprint density at radius 2 is 2.20 bits per heavy atom. The lowest BCUT2D eigenvalue weighted by molar-refractivity contribution is 0.110. The molecule has 0 atom stereocenters. The molecule has 1 aromatic rings. The highest BCUT2D eigenvalue weighted by Gasteiger charge is 2.03. The summed E-state index contributed by atoms with van der Waals surface area (Å²) in [7, 11) is 0. The topological polar surface area (TPSA) is 70.6 Å². The fourth-order valence-corrected chi connectivity index (χ4v) is 0.998. The number of nitrogens with zero attached hydrogens (tertiary/aromatic N) is 1. The van der Waals surface area contributed by atoms with E-state index in [1.807, 2.05) is 0 Å². The van der Waals surface area contributed by atoms with Crippen LogP contribution in [0, 0.1) is 6.92 Å². The molecule has 82 valence electrons. The highest BCUT2D eigenvalue weighted by atomic mass is 19.3. The van der Waals surface area contributed by atoms with E-state index >= 15 is 0 Å². The molecule has 6 heteroatoms. The number of hydrazone groups is 1. The van der Waals surface area contributed by atoms with Crippen molar-refractivity contribution in [1.82, 2.24) is 5.43 Å². The summed E-state index contributed by atoms with van der Waals surface area (Å²) >= 11 is 0. The van der Waals surface area contributed by atoms with E-state index in [2.05, 4.69) is 5.10 Å². The molecular formula is C9H11F2N3O. The second-order valence-corrected chi connectivity index (χ2v) is 2.93. The van der Waals surface area contributed by atoms with Gasteiger partial charge in [0.05, 0.1) is 0 Å². The minimum Gasteiger partial charge on any atom is -0.508 e. The van der Waals surface area contributed by atoms with E-state index in [-0.39, 0.29) is 11.6 Å². The lowest BCUT2D eigenvalue weighted by Crippen LogP contribution is -2.22. The molecule has 0 saturated heterocycles. The number of nitrogens with one attached hydrogen (secondary N) is 1. The molecule has 15 heavy (non-hydrogen) atoms. The first-order chi connectivity index (χ1) is 7.00. The van der Waals surface area contributed by atoms with Gasteiger partial charge in [-0.3, -0.25) is 0 Å². The van der Waals surface area contributed by atoms with Crippen molar-refractivity contribution in [3.05, 3.63) is 29.3 Å². The van der Waals surface area contributed by atoms with Crippen molar-refractivity contribution in [1.29, 1.82) is 0 Å². The van der Waals surface area contributed by atoms with E-state index in [4.69, 9.17) is 5.73 Å². The Kier molecular flexibility index (Phi) is 3.43. The summed E-state index contributed by atoms with van der Waals surface area (Å²) in [4.78, 5) is 0. The van der Waals surface area contributed by atoms with E-state index in [0.717, 1.165) is 0 Å². The first-order valence-corrected chi connectivity index (χ1v) is 4.17. The van der Waals surface area contributed by atoms with Crippen molar-refractivity contribution in [3.8, 4) is 5.75 Å². The van der Waals surface area contributed by atoms with Crippen LogP contribution in [-0.4, -0.2) is 17.5 Å². The van der Waals surface area contributed by atoms with Crippen LogP contribution in [0.4, 0.5) is 8.78 Å². The largest absolute Gasteiger partial charge is 0.508 e. The molecule has 0 bridgehead atoms. The average Bonchev–Trinajstić information content (AvgIpc) is 2.18. The first kappa shape index (κ1) is 11.2. The van der Waals surface area contributed by atoms with Crippen LogP contribution in [-0.2, 0) is 0 Å². The maximum absolute atomic E-state index is 11.7. The van der Waals surface area contributed by atoms with Crippen LogP contribution in [0.1, 0.15) is 11.1 Å². The van der Waals surface area contributed by atoms with Crippen LogP contribution in [0.25, 0.3) is 0 Å². The normalized spacial score (nSPS) is 11.9. The number of phenolic OH excluding ortho intramolecular Hbond substituents is 1. The van der Waals surface area contributed by atoms with Gasteiger partial charge in [-0.15, -0.1) is 0 Å². The van der Waals surface area contributed by atoms with Crippen LogP contribution in [0.3, 0.4) is 0 Å². The second-order valence-electron chi connectivity index (χ2n) is 2.93. The number of benzene rings is 1. The molecule has 0 aliphatic rings. The summed E-state index contributed by atoms with van der Waals surface area (Å²) < 4.78 is 23.5. The van der Waals surface area contributed by atoms with Gasteiger partial charge < -0.3 is 10.8 Å². The Labute approximate surface area is 85.4 Å². The molecule has 0 fully saturated rings. The number of hydrogen-bond acceptors (Lipinski definition) is 3. The Balaban J connectivity index is 2.87. The van der Waals surface area contributed by atoms with Crippen LogP contribution in [0.15, 0.2) is 23.3 Å². The van der Waals surface area contributed by atoms with Crippen molar-refractivity contribution >= 4 is 5.84 Å². The third kappa shape index (κ3) is 3.08. The number of alkyl halides is 2. The number of nitrogens with two attached hydrogens (primary N) is 1. The number of amidine groups is 1. The highest BCUT2D eigenvalue weighted by Crippen LogP contribution is 2.16. The van der Waals surface area contributed by atoms with Gasteiger partial charge in [0.2, 0.25) is 0 Å². The van der Waals surface area contributed by atoms with Gasteiger partial charge in [-0.2, -0.15) is 13.9 Å². The number of halogens is 2. The zero-order valence-electron chi connectivity index (χ0n) is 8.04. The highest BCUT2D eigenvalue weighted by molar-refractivity contribution is 5.97. The first-order valence-electron chi connectivity index (χ1n) is 4.17. The number of hydrogen-bond donors (Lipinski definition) is 3. The summed E-state index contributed by atoms with van der Waals surface area (Å²) in [6.45, 7) is -1.08. The van der Waals surface area contributed by atoms with Crippen LogP contribution in [0.2, 0.25) is 0 Å². The summed E-state index contributed by atoms with van der Waals surface area (Å²) in [6, 6.07) is 4.48. The van der Waals surface area contributed by atoms with Gasteiger partial charge in [-0.25, -0.2) is 5.43 Å². The fraction of sp³-hybridized carbons (Fsp3) is 0.222. The molecule has 0 heterocycles. The van der Waals surface area contributed by atoms with Crippen LogP contribution >= 0.6 is 0 Å². The molecular weight excluding hydrogens is 204 g/mol. The Morgan fingerprint density at radius 1 is 1.53 bits per heavy atom. The predicted octanol–water partition coefficient (Wildman–Crippen LogP) is 1.13. The molecule has 0 aromatic heterocycles. The molecule has 1 rings (SSSR count). The molecule has 0 saturated carbocycles. The summed E-state index contributed by atoms with van der Waals surface area (Å²) in [5.74, 6) is 0.0618. The summed E-state index contributed by atoms with van der Waals surface area (Å²) in [6.07, 6.45) is 0. The van der Waals surface area contributed by atoms with Gasteiger partial charge in [-0.1, -0.05) is 0 Å². The molecule has 4 N–H and O–H groups in total. The number of phenols is 1. The van der Waals surface area contributed by atoms with Gasteiger partial charge in [0, 0.05) is 5.56 Å². The third-order valence-electron chi connectivity index (χ3n) is 1.78. The van der Waals surface area contributed by atoms with Crippen LogP contribution in [0.5, 0.6) is 5.75 Å². The number of aromatic hydroxyl groups is 1. The molecule has 0 radical (unpaired) electrons. The number of rotatable bonds is 3. The molecule has 0 aliphatic heterocycles. The fourth-order valence-electron chi connectivity index (χ4n) is 0.998. The molecule has 0 unspecified atom stereocenters. The van der Waals surface area contributed by atoms with Crippen LogP contribution < -0.4 is 11.2 Å². The Morgan fingerprint density at radius 3 is 2.73 bits per heavy atom. The minimum atomic E-state index is -2.75. The zero-order valence-corrected chi connectivity index (χ0v) is 8.04. The van der Waals surface area contributed by atoms with Crippen molar-refractivity contribution in [2.24, 2.45) is 10.8 Å². The molecule has 4 nitrogen and oxygen atoms in total. The van der Waals surface area contributed by atoms with E-state index in [9.17, 15) is 13.9 Å². The number of aryl methyl sites for hydroxylation is 1. The van der Waals surface area contributed by atoms with Gasteiger partial charge in [0.15, 0.2) is 5.84 Å². The molecule has 0 spiro atoms. The quantitative estimate of drug-likeness (QED) is 0.306. The monoisotopic (exact) mass is 215 g/mol. The molecule has 0 aliphatic carbocycles. The second kappa shape index (κ2) is 4.59. The maximum atomic E-state index is 11.7. The van der Waals surface area contributed by atoms with Gasteiger partial charge in [-0.05, 0) is 30.7 Å². The van der Waals surface area contributed by atoms with Crippen molar-refractivity contribution in [2.75, 3.05) is 0 Å². The Hall–Kier alpha value is -1.85.